The van der Waals surface area contributed by atoms with E-state index in [0.29, 0.717) is 47.2 Å². The summed E-state index contributed by atoms with van der Waals surface area (Å²) in [5.74, 6) is 0.603. The second kappa shape index (κ2) is 9.69. The molecule has 0 spiro atoms. The Hall–Kier alpha value is -4.65. The van der Waals surface area contributed by atoms with Crippen LogP contribution in [-0.2, 0) is 0 Å². The molecule has 1 aliphatic heterocycles. The zero-order chi connectivity index (χ0) is 24.2. The molecule has 1 aromatic heterocycles. The van der Waals surface area contributed by atoms with Crippen molar-refractivity contribution in [3.8, 4) is 22.8 Å². The van der Waals surface area contributed by atoms with Crippen molar-refractivity contribution in [3.63, 3.8) is 0 Å². The van der Waals surface area contributed by atoms with Crippen LogP contribution in [-0.4, -0.2) is 30.0 Å². The molecule has 2 amide bonds. The molecule has 0 bridgehead atoms. The fourth-order valence-corrected chi connectivity index (χ4v) is 3.72. The molecule has 0 atom stereocenters. The maximum absolute atomic E-state index is 12.8. The number of carbonyl (C=O) groups is 2. The summed E-state index contributed by atoms with van der Waals surface area (Å²) >= 11 is 0. The Balaban J connectivity index is 1.28. The number of aryl methyl sites for hydroxylation is 1. The Bertz CT molecular complexity index is 1390. The predicted octanol–water partition coefficient (Wildman–Crippen LogP) is 5.33. The fraction of sp³-hybridized carbons (Fsp3) is 0.107. The van der Waals surface area contributed by atoms with Gasteiger partial charge < -0.3 is 20.1 Å². The molecule has 0 radical (unpaired) electrons. The maximum Gasteiger partial charge on any atom is 0.257 e. The van der Waals surface area contributed by atoms with Gasteiger partial charge in [0.05, 0.1) is 11.3 Å². The average Bonchev–Trinajstić information content (AvgIpc) is 2.91. The number of benzene rings is 3. The largest absolute Gasteiger partial charge is 0.486 e. The fourth-order valence-electron chi connectivity index (χ4n) is 3.72. The third-order valence-corrected chi connectivity index (χ3v) is 5.64. The second-order valence-electron chi connectivity index (χ2n) is 8.09. The number of carbonyl (C=O) groups excluding carboxylic acids is 2. The van der Waals surface area contributed by atoms with Crippen molar-refractivity contribution < 1.29 is 19.1 Å². The molecule has 0 aliphatic carbocycles. The highest BCUT2D eigenvalue weighted by atomic mass is 16.6. The molecule has 2 heterocycles. The number of hydrogen-bond donors (Lipinski definition) is 2. The molecule has 4 aromatic rings. The zero-order valence-corrected chi connectivity index (χ0v) is 19.1. The van der Waals surface area contributed by atoms with E-state index in [0.717, 1.165) is 16.8 Å². The first-order valence-corrected chi connectivity index (χ1v) is 11.2. The van der Waals surface area contributed by atoms with Gasteiger partial charge in [-0.3, -0.25) is 14.6 Å². The first-order valence-electron chi connectivity index (χ1n) is 11.2. The SMILES string of the molecule is Cc1ccc(NC(=O)c2ccc3c(c2)OCCO3)cc1NC(=O)c1ccc(-c2ccccc2)nc1. The van der Waals surface area contributed by atoms with Gasteiger partial charge in [0, 0.05) is 28.7 Å². The standard InChI is InChI=1S/C28H23N3O4/c1-18-7-10-22(30-27(32)20-9-12-25-26(15-20)35-14-13-34-25)16-24(18)31-28(33)21-8-11-23(29-17-21)19-5-3-2-4-6-19/h2-12,15-17H,13-14H2,1H3,(H,30,32)(H,31,33). The average molecular weight is 466 g/mol. The lowest BCUT2D eigenvalue weighted by Crippen LogP contribution is -2.17. The van der Waals surface area contributed by atoms with Crippen LogP contribution in [0.15, 0.2) is 85.1 Å². The molecule has 2 N–H and O–H groups in total. The number of aromatic nitrogens is 1. The number of pyridine rings is 1. The van der Waals surface area contributed by atoms with Crippen LogP contribution in [0.3, 0.4) is 0 Å². The van der Waals surface area contributed by atoms with Crippen LogP contribution in [0.2, 0.25) is 0 Å². The Morgan fingerprint density at radius 3 is 2.29 bits per heavy atom. The number of anilines is 2. The van der Waals surface area contributed by atoms with E-state index < -0.39 is 0 Å². The van der Waals surface area contributed by atoms with E-state index in [4.69, 9.17) is 9.47 Å². The third-order valence-electron chi connectivity index (χ3n) is 5.64. The van der Waals surface area contributed by atoms with E-state index >= 15 is 0 Å². The molecule has 1 aliphatic rings. The summed E-state index contributed by atoms with van der Waals surface area (Å²) in [5.41, 5.74) is 4.69. The third kappa shape index (κ3) is 4.99. The molecular formula is C28H23N3O4. The molecule has 35 heavy (non-hydrogen) atoms. The molecule has 0 fully saturated rings. The molecule has 0 unspecified atom stereocenters. The number of nitrogens with zero attached hydrogens (tertiary/aromatic N) is 1. The Morgan fingerprint density at radius 2 is 1.51 bits per heavy atom. The minimum atomic E-state index is -0.288. The summed E-state index contributed by atoms with van der Waals surface area (Å²) in [7, 11) is 0. The smallest absolute Gasteiger partial charge is 0.257 e. The highest BCUT2D eigenvalue weighted by Gasteiger charge is 2.16. The lowest BCUT2D eigenvalue weighted by atomic mass is 10.1. The van der Waals surface area contributed by atoms with Crippen molar-refractivity contribution in [3.05, 3.63) is 102 Å². The molecule has 5 rings (SSSR count). The van der Waals surface area contributed by atoms with Gasteiger partial charge in [-0.05, 0) is 55.0 Å². The van der Waals surface area contributed by atoms with Crippen LogP contribution in [0, 0.1) is 6.92 Å². The van der Waals surface area contributed by atoms with Crippen LogP contribution >= 0.6 is 0 Å². The number of ether oxygens (including phenoxy) is 2. The predicted molar refractivity (Wildman–Crippen MR) is 134 cm³/mol. The van der Waals surface area contributed by atoms with Gasteiger partial charge in [-0.15, -0.1) is 0 Å². The van der Waals surface area contributed by atoms with Gasteiger partial charge in [-0.1, -0.05) is 36.4 Å². The minimum absolute atomic E-state index is 0.282. The van der Waals surface area contributed by atoms with Crippen molar-refractivity contribution >= 4 is 23.2 Å². The molecule has 3 aromatic carbocycles. The van der Waals surface area contributed by atoms with E-state index in [1.165, 1.54) is 0 Å². The number of hydrogen-bond acceptors (Lipinski definition) is 5. The van der Waals surface area contributed by atoms with E-state index in [-0.39, 0.29) is 11.8 Å². The van der Waals surface area contributed by atoms with Crippen LogP contribution in [0.25, 0.3) is 11.3 Å². The Kier molecular flexibility index (Phi) is 6.13. The van der Waals surface area contributed by atoms with Crippen LogP contribution in [0.4, 0.5) is 11.4 Å². The second-order valence-corrected chi connectivity index (χ2v) is 8.09. The Morgan fingerprint density at radius 1 is 0.771 bits per heavy atom. The summed E-state index contributed by atoms with van der Waals surface area (Å²) in [4.78, 5) is 30.0. The van der Waals surface area contributed by atoms with Gasteiger partial charge in [0.1, 0.15) is 13.2 Å². The van der Waals surface area contributed by atoms with Crippen molar-refractivity contribution in [2.24, 2.45) is 0 Å². The van der Waals surface area contributed by atoms with E-state index in [9.17, 15) is 9.59 Å². The van der Waals surface area contributed by atoms with Gasteiger partial charge in [0.25, 0.3) is 11.8 Å². The van der Waals surface area contributed by atoms with Gasteiger partial charge in [-0.25, -0.2) is 0 Å². The van der Waals surface area contributed by atoms with Crippen molar-refractivity contribution in [1.82, 2.24) is 4.98 Å². The lowest BCUT2D eigenvalue weighted by Gasteiger charge is -2.18. The van der Waals surface area contributed by atoms with Crippen molar-refractivity contribution in [2.75, 3.05) is 23.8 Å². The summed E-state index contributed by atoms with van der Waals surface area (Å²) < 4.78 is 11.1. The van der Waals surface area contributed by atoms with Gasteiger partial charge in [0.15, 0.2) is 11.5 Å². The van der Waals surface area contributed by atoms with E-state index in [1.807, 2.05) is 49.4 Å². The van der Waals surface area contributed by atoms with Gasteiger partial charge in [-0.2, -0.15) is 0 Å². The van der Waals surface area contributed by atoms with E-state index in [1.54, 1.807) is 42.6 Å². The number of amides is 2. The van der Waals surface area contributed by atoms with Crippen LogP contribution in [0.1, 0.15) is 26.3 Å². The summed E-state index contributed by atoms with van der Waals surface area (Å²) in [5, 5.41) is 5.79. The lowest BCUT2D eigenvalue weighted by molar-refractivity contribution is 0.101. The quantitative estimate of drug-likeness (QED) is 0.416. The van der Waals surface area contributed by atoms with E-state index in [2.05, 4.69) is 15.6 Å². The maximum atomic E-state index is 12.8. The van der Waals surface area contributed by atoms with Gasteiger partial charge >= 0.3 is 0 Å². The molecular weight excluding hydrogens is 442 g/mol. The topological polar surface area (TPSA) is 89.5 Å². The minimum Gasteiger partial charge on any atom is -0.486 e. The monoisotopic (exact) mass is 465 g/mol. The molecule has 0 saturated heterocycles. The first kappa shape index (κ1) is 22.2. The normalized spacial score (nSPS) is 12.0. The number of fused-ring (bicyclic) bond motifs is 1. The highest BCUT2D eigenvalue weighted by molar-refractivity contribution is 6.07. The molecule has 0 saturated carbocycles. The molecule has 7 nitrogen and oxygen atoms in total. The Labute approximate surface area is 202 Å². The van der Waals surface area contributed by atoms with Crippen LogP contribution < -0.4 is 20.1 Å². The summed E-state index contributed by atoms with van der Waals surface area (Å²) in [6, 6.07) is 23.8. The first-order chi connectivity index (χ1) is 17.1. The summed E-state index contributed by atoms with van der Waals surface area (Å²) in [6.45, 7) is 2.83. The molecule has 7 heteroatoms. The number of rotatable bonds is 5. The molecule has 174 valence electrons. The number of nitrogens with one attached hydrogen (secondary N) is 2. The van der Waals surface area contributed by atoms with Crippen molar-refractivity contribution in [1.29, 1.82) is 0 Å². The van der Waals surface area contributed by atoms with Gasteiger partial charge in [0.2, 0.25) is 0 Å². The van der Waals surface area contributed by atoms with Crippen LogP contribution in [0.5, 0.6) is 11.5 Å². The highest BCUT2D eigenvalue weighted by Crippen LogP contribution is 2.31. The van der Waals surface area contributed by atoms with Crippen molar-refractivity contribution in [2.45, 2.75) is 6.92 Å². The summed E-state index contributed by atoms with van der Waals surface area (Å²) in [6.07, 6.45) is 1.56. The zero-order valence-electron chi connectivity index (χ0n) is 19.1.